The fourth-order valence-electron chi connectivity index (χ4n) is 3.56. The molecule has 1 N–H and O–H groups in total. The van der Waals surface area contributed by atoms with Gasteiger partial charge in [-0.25, -0.2) is 12.7 Å². The van der Waals surface area contributed by atoms with Crippen LogP contribution in [0.15, 0.2) is 65.1 Å². The summed E-state index contributed by atoms with van der Waals surface area (Å²) in [6, 6.07) is 0.114. The van der Waals surface area contributed by atoms with Crippen LogP contribution in [-0.4, -0.2) is 61.7 Å². The molecule has 0 saturated carbocycles. The molecule has 0 spiro atoms. The number of carbonyl (C=O) groups excluding carboxylic acids is 1. The molecule has 0 aromatic rings. The molecule has 0 radical (unpaired) electrons. The summed E-state index contributed by atoms with van der Waals surface area (Å²) < 4.78 is 27.1. The van der Waals surface area contributed by atoms with Crippen LogP contribution in [0.25, 0.3) is 0 Å². The Balaban J connectivity index is 2.66. The third-order valence-electron chi connectivity index (χ3n) is 5.78. The van der Waals surface area contributed by atoms with Gasteiger partial charge in [0.1, 0.15) is 0 Å². The number of nitrogens with one attached hydrogen (secondary N) is 1. The lowest BCUT2D eigenvalue weighted by Gasteiger charge is -2.25. The quantitative estimate of drug-likeness (QED) is 0.272. The van der Waals surface area contributed by atoms with Gasteiger partial charge in [-0.3, -0.25) is 9.79 Å². The lowest BCUT2D eigenvalue weighted by Crippen LogP contribution is -2.34. The van der Waals surface area contributed by atoms with Gasteiger partial charge < -0.3 is 10.2 Å². The van der Waals surface area contributed by atoms with Crippen LogP contribution in [0.1, 0.15) is 53.9 Å². The number of nitrogens with zero attached hydrogens (tertiary/aromatic N) is 3. The molecule has 1 heterocycles. The van der Waals surface area contributed by atoms with Crippen LogP contribution in [0.2, 0.25) is 0 Å². The van der Waals surface area contributed by atoms with Gasteiger partial charge >= 0.3 is 0 Å². The molecule has 1 amide bonds. The third kappa shape index (κ3) is 10.2. The van der Waals surface area contributed by atoms with Crippen LogP contribution in [0.3, 0.4) is 0 Å². The first kappa shape index (κ1) is 29.6. The maximum Gasteiger partial charge on any atom is 0.253 e. The number of amides is 1. The zero-order chi connectivity index (χ0) is 25.6. The molecule has 0 saturated heterocycles. The maximum absolute atomic E-state index is 12.8. The molecule has 190 valence electrons. The van der Waals surface area contributed by atoms with Crippen LogP contribution in [0.5, 0.6) is 0 Å². The Kier molecular flexibility index (Phi) is 13.4. The lowest BCUT2D eigenvalue weighted by atomic mass is 10.0. The van der Waals surface area contributed by atoms with Gasteiger partial charge in [0.2, 0.25) is 10.0 Å². The highest BCUT2D eigenvalue weighted by molar-refractivity contribution is 7.89. The second kappa shape index (κ2) is 15.5. The van der Waals surface area contributed by atoms with E-state index in [2.05, 4.69) is 30.9 Å². The number of hydrogen-bond donors (Lipinski definition) is 1. The van der Waals surface area contributed by atoms with Crippen molar-refractivity contribution in [2.45, 2.75) is 59.9 Å². The molecule has 2 atom stereocenters. The second-order valence-corrected chi connectivity index (χ2v) is 10.5. The maximum atomic E-state index is 12.8. The Bertz CT molecular complexity index is 916. The zero-order valence-electron chi connectivity index (χ0n) is 21.4. The molecular weight excluding hydrogens is 448 g/mol. The van der Waals surface area contributed by atoms with Crippen molar-refractivity contribution in [3.63, 3.8) is 0 Å². The molecule has 0 aromatic carbocycles. The van der Waals surface area contributed by atoms with E-state index >= 15 is 0 Å². The van der Waals surface area contributed by atoms with Crippen molar-refractivity contribution in [2.75, 3.05) is 25.4 Å². The molecular formula is C26H42N4O3S. The molecule has 0 aromatic heterocycles. The summed E-state index contributed by atoms with van der Waals surface area (Å²) in [6.07, 6.45) is 17.2. The van der Waals surface area contributed by atoms with Crippen molar-refractivity contribution in [2.24, 2.45) is 10.9 Å². The fraction of sp³-hybridized carbons (Fsp3) is 0.538. The van der Waals surface area contributed by atoms with E-state index in [9.17, 15) is 13.2 Å². The number of aliphatic imine (C=N–C) groups is 1. The number of hydrogen-bond acceptors (Lipinski definition) is 5. The molecule has 1 rings (SSSR count). The predicted octanol–water partition coefficient (Wildman–Crippen LogP) is 4.40. The predicted molar refractivity (Wildman–Crippen MR) is 143 cm³/mol. The second-order valence-electron chi connectivity index (χ2n) is 8.51. The molecule has 8 heteroatoms. The van der Waals surface area contributed by atoms with Gasteiger partial charge in [0.05, 0.1) is 11.3 Å². The Morgan fingerprint density at radius 3 is 2.71 bits per heavy atom. The summed E-state index contributed by atoms with van der Waals surface area (Å²) in [4.78, 5) is 18.2. The van der Waals surface area contributed by atoms with E-state index in [-0.39, 0.29) is 17.7 Å². The monoisotopic (exact) mass is 490 g/mol. The van der Waals surface area contributed by atoms with Crippen LogP contribution in [0.4, 0.5) is 0 Å². The first-order valence-corrected chi connectivity index (χ1v) is 13.7. The van der Waals surface area contributed by atoms with Gasteiger partial charge in [-0.1, -0.05) is 57.9 Å². The summed E-state index contributed by atoms with van der Waals surface area (Å²) in [5, 5.41) is 2.90. The zero-order valence-corrected chi connectivity index (χ0v) is 22.2. The summed E-state index contributed by atoms with van der Waals surface area (Å²) in [5.41, 5.74) is 1.37. The summed E-state index contributed by atoms with van der Waals surface area (Å²) >= 11 is 0. The van der Waals surface area contributed by atoms with E-state index in [0.29, 0.717) is 31.1 Å². The SMILES string of the molecule is C=N/C=C\N1C=C(C(=O)NCC(/C=C\CS(=O)(=O)N(CC)CCC(C)CCC)=C/C)C=CC1C. The Morgan fingerprint density at radius 2 is 2.09 bits per heavy atom. The minimum atomic E-state index is -3.36. The third-order valence-corrected chi connectivity index (χ3v) is 7.62. The Hall–Kier alpha value is -2.45. The molecule has 0 bridgehead atoms. The van der Waals surface area contributed by atoms with E-state index in [1.54, 1.807) is 41.1 Å². The topological polar surface area (TPSA) is 82.1 Å². The van der Waals surface area contributed by atoms with Gasteiger partial charge in [0.15, 0.2) is 0 Å². The van der Waals surface area contributed by atoms with Crippen LogP contribution in [-0.2, 0) is 14.8 Å². The molecule has 34 heavy (non-hydrogen) atoms. The summed E-state index contributed by atoms with van der Waals surface area (Å²) in [5.74, 6) is 0.257. The van der Waals surface area contributed by atoms with Crippen LogP contribution >= 0.6 is 0 Å². The van der Waals surface area contributed by atoms with Crippen molar-refractivity contribution in [1.82, 2.24) is 14.5 Å². The van der Waals surface area contributed by atoms with E-state index in [1.165, 1.54) is 0 Å². The average Bonchev–Trinajstić information content (AvgIpc) is 2.80. The highest BCUT2D eigenvalue weighted by Crippen LogP contribution is 2.15. The number of allylic oxidation sites excluding steroid dienone is 1. The molecule has 1 aliphatic rings. The Labute approximate surface area is 206 Å². The Morgan fingerprint density at radius 1 is 1.35 bits per heavy atom. The van der Waals surface area contributed by atoms with Crippen molar-refractivity contribution < 1.29 is 13.2 Å². The van der Waals surface area contributed by atoms with E-state index in [0.717, 1.165) is 24.8 Å². The van der Waals surface area contributed by atoms with E-state index < -0.39 is 10.0 Å². The lowest BCUT2D eigenvalue weighted by molar-refractivity contribution is -0.117. The first-order chi connectivity index (χ1) is 16.2. The van der Waals surface area contributed by atoms with Gasteiger partial charge in [-0.15, -0.1) is 0 Å². The number of sulfonamides is 1. The fourth-order valence-corrected chi connectivity index (χ4v) is 4.89. The van der Waals surface area contributed by atoms with Gasteiger partial charge in [-0.2, -0.15) is 0 Å². The number of rotatable bonds is 15. The van der Waals surface area contributed by atoms with Gasteiger partial charge in [-0.05, 0) is 44.6 Å². The van der Waals surface area contributed by atoms with E-state index in [4.69, 9.17) is 0 Å². The highest BCUT2D eigenvalue weighted by atomic mass is 32.2. The highest BCUT2D eigenvalue weighted by Gasteiger charge is 2.19. The summed E-state index contributed by atoms with van der Waals surface area (Å²) in [6.45, 7) is 14.8. The molecule has 0 aliphatic carbocycles. The molecule has 2 unspecified atom stereocenters. The van der Waals surface area contributed by atoms with Crippen molar-refractivity contribution in [3.05, 3.63) is 60.1 Å². The smallest absolute Gasteiger partial charge is 0.253 e. The normalized spacial score (nSPS) is 18.1. The molecule has 0 fully saturated rings. The van der Waals surface area contributed by atoms with Gasteiger partial charge in [0, 0.05) is 44.3 Å². The van der Waals surface area contributed by atoms with Crippen molar-refractivity contribution in [3.8, 4) is 0 Å². The molecule has 7 nitrogen and oxygen atoms in total. The van der Waals surface area contributed by atoms with Crippen LogP contribution in [0, 0.1) is 5.92 Å². The summed E-state index contributed by atoms with van der Waals surface area (Å²) in [7, 11) is -3.36. The van der Waals surface area contributed by atoms with Crippen molar-refractivity contribution in [1.29, 1.82) is 0 Å². The minimum absolute atomic E-state index is 0.0568. The van der Waals surface area contributed by atoms with Gasteiger partial charge in [0.25, 0.3) is 5.91 Å². The first-order valence-electron chi connectivity index (χ1n) is 12.1. The molecule has 1 aliphatic heterocycles. The standard InChI is InChI=1S/C26H42N4O3S/c1-7-11-22(4)15-17-30(9-3)34(32,33)19-10-12-24(8-2)20-28-26(31)25-14-13-23(5)29(21-25)18-16-27-6/h8,10,12-14,16,18,21-23H,6-7,9,11,15,17,19-20H2,1-5H3,(H,28,31)/b12-10-,18-16-,24-8+. The average molecular weight is 491 g/mol. The minimum Gasteiger partial charge on any atom is -0.348 e. The van der Waals surface area contributed by atoms with Crippen LogP contribution < -0.4 is 5.32 Å². The largest absolute Gasteiger partial charge is 0.348 e. The van der Waals surface area contributed by atoms with E-state index in [1.807, 2.05) is 37.8 Å². The number of carbonyl (C=O) groups is 1. The van der Waals surface area contributed by atoms with Crippen molar-refractivity contribution >= 4 is 22.6 Å².